The standard InChI is InChI=1S/C14H13FN2O3/c1-9-6-11(3-4-13(9)17(19)20)16-8-10-2-5-14(18)12(15)7-10/h2-7,16,18H,8H2,1H3. The third kappa shape index (κ3) is 3.03. The fourth-order valence-corrected chi connectivity index (χ4v) is 1.83. The molecule has 5 nitrogen and oxygen atoms in total. The quantitative estimate of drug-likeness (QED) is 0.663. The Labute approximate surface area is 114 Å². The Bertz CT molecular complexity index is 659. The number of nitrogens with one attached hydrogen (secondary N) is 1. The minimum absolute atomic E-state index is 0.0613. The molecular formula is C14H13FN2O3. The van der Waals surface area contributed by atoms with Gasteiger partial charge in [-0.3, -0.25) is 10.1 Å². The van der Waals surface area contributed by atoms with Crippen molar-refractivity contribution in [2.75, 3.05) is 5.32 Å². The lowest BCUT2D eigenvalue weighted by Gasteiger charge is -2.08. The Hall–Kier alpha value is -2.63. The molecule has 0 unspecified atom stereocenters. The molecule has 104 valence electrons. The van der Waals surface area contributed by atoms with Crippen LogP contribution in [0, 0.1) is 22.9 Å². The Morgan fingerprint density at radius 1 is 1.30 bits per heavy atom. The van der Waals surface area contributed by atoms with Crippen molar-refractivity contribution in [2.45, 2.75) is 13.5 Å². The van der Waals surface area contributed by atoms with Gasteiger partial charge in [-0.2, -0.15) is 0 Å². The number of nitrogens with zero attached hydrogens (tertiary/aromatic N) is 1. The van der Waals surface area contributed by atoms with E-state index < -0.39 is 10.7 Å². The van der Waals surface area contributed by atoms with Gasteiger partial charge in [-0.1, -0.05) is 6.07 Å². The van der Waals surface area contributed by atoms with Gasteiger partial charge in [-0.05, 0) is 36.8 Å². The summed E-state index contributed by atoms with van der Waals surface area (Å²) in [5, 5.41) is 22.8. The molecule has 0 fully saturated rings. The number of hydrogen-bond donors (Lipinski definition) is 2. The monoisotopic (exact) mass is 276 g/mol. The van der Waals surface area contributed by atoms with E-state index in [-0.39, 0.29) is 11.4 Å². The second-order valence-electron chi connectivity index (χ2n) is 4.40. The number of anilines is 1. The van der Waals surface area contributed by atoms with Crippen LogP contribution in [0.4, 0.5) is 15.8 Å². The zero-order valence-electron chi connectivity index (χ0n) is 10.8. The van der Waals surface area contributed by atoms with E-state index in [0.717, 1.165) is 0 Å². The molecule has 0 aromatic heterocycles. The zero-order valence-corrected chi connectivity index (χ0v) is 10.8. The van der Waals surface area contributed by atoms with Gasteiger partial charge in [-0.15, -0.1) is 0 Å². The average Bonchev–Trinajstić information content (AvgIpc) is 2.40. The molecular weight excluding hydrogens is 263 g/mol. The molecule has 2 aromatic rings. The number of nitro groups is 1. The van der Waals surface area contributed by atoms with Crippen molar-refractivity contribution < 1.29 is 14.4 Å². The van der Waals surface area contributed by atoms with Crippen LogP contribution in [0.2, 0.25) is 0 Å². The first kappa shape index (κ1) is 13.8. The number of phenolic OH excluding ortho intramolecular Hbond substituents is 1. The highest BCUT2D eigenvalue weighted by atomic mass is 19.1. The number of aryl methyl sites for hydroxylation is 1. The second kappa shape index (κ2) is 5.56. The molecule has 0 aliphatic rings. The number of hydrogen-bond acceptors (Lipinski definition) is 4. The number of rotatable bonds is 4. The van der Waals surface area contributed by atoms with Crippen LogP contribution in [0.3, 0.4) is 0 Å². The van der Waals surface area contributed by atoms with Gasteiger partial charge in [0.15, 0.2) is 11.6 Å². The number of benzene rings is 2. The molecule has 0 amide bonds. The average molecular weight is 276 g/mol. The van der Waals surface area contributed by atoms with Crippen LogP contribution in [0.5, 0.6) is 5.75 Å². The van der Waals surface area contributed by atoms with Gasteiger partial charge >= 0.3 is 0 Å². The first-order valence-corrected chi connectivity index (χ1v) is 5.93. The Balaban J connectivity index is 2.09. The maximum Gasteiger partial charge on any atom is 0.272 e. The van der Waals surface area contributed by atoms with E-state index in [2.05, 4.69) is 5.32 Å². The summed E-state index contributed by atoms with van der Waals surface area (Å²) in [5.74, 6) is -1.07. The summed E-state index contributed by atoms with van der Waals surface area (Å²) in [4.78, 5) is 10.3. The van der Waals surface area contributed by atoms with Crippen LogP contribution in [-0.2, 0) is 6.54 Å². The summed E-state index contributed by atoms with van der Waals surface area (Å²) in [7, 11) is 0. The molecule has 20 heavy (non-hydrogen) atoms. The molecule has 2 N–H and O–H groups in total. The maximum absolute atomic E-state index is 13.2. The molecule has 0 saturated heterocycles. The highest BCUT2D eigenvalue weighted by Crippen LogP contribution is 2.22. The van der Waals surface area contributed by atoms with E-state index in [1.165, 1.54) is 18.2 Å². The van der Waals surface area contributed by atoms with E-state index in [9.17, 15) is 14.5 Å². The topological polar surface area (TPSA) is 75.4 Å². The molecule has 0 aliphatic carbocycles. The van der Waals surface area contributed by atoms with Crippen LogP contribution < -0.4 is 5.32 Å². The Morgan fingerprint density at radius 2 is 2.05 bits per heavy atom. The Kier molecular flexibility index (Phi) is 3.84. The number of aromatic hydroxyl groups is 1. The smallest absolute Gasteiger partial charge is 0.272 e. The third-order valence-electron chi connectivity index (χ3n) is 2.90. The summed E-state index contributed by atoms with van der Waals surface area (Å²) >= 11 is 0. The molecule has 0 saturated carbocycles. The van der Waals surface area contributed by atoms with Crippen molar-refractivity contribution >= 4 is 11.4 Å². The predicted molar refractivity (Wildman–Crippen MR) is 73.2 cm³/mol. The van der Waals surface area contributed by atoms with Gasteiger partial charge in [-0.25, -0.2) is 4.39 Å². The first-order chi connectivity index (χ1) is 9.47. The van der Waals surface area contributed by atoms with Crippen molar-refractivity contribution in [1.82, 2.24) is 0 Å². The summed E-state index contributed by atoms with van der Waals surface area (Å²) in [5.41, 5.74) is 1.99. The van der Waals surface area contributed by atoms with Crippen molar-refractivity contribution in [2.24, 2.45) is 0 Å². The van der Waals surface area contributed by atoms with E-state index in [1.807, 2.05) is 0 Å². The first-order valence-electron chi connectivity index (χ1n) is 5.93. The predicted octanol–water partition coefficient (Wildman–Crippen LogP) is 3.36. The van der Waals surface area contributed by atoms with Gasteiger partial charge in [0.25, 0.3) is 5.69 Å². The van der Waals surface area contributed by atoms with Crippen molar-refractivity contribution in [3.05, 3.63) is 63.5 Å². The molecule has 0 atom stereocenters. The molecule has 0 heterocycles. The molecule has 2 rings (SSSR count). The normalized spacial score (nSPS) is 10.3. The van der Waals surface area contributed by atoms with E-state index in [4.69, 9.17) is 5.11 Å². The molecule has 0 spiro atoms. The SMILES string of the molecule is Cc1cc(NCc2ccc(O)c(F)c2)ccc1[N+](=O)[O-]. The number of halogens is 1. The Morgan fingerprint density at radius 3 is 2.65 bits per heavy atom. The van der Waals surface area contributed by atoms with E-state index in [0.29, 0.717) is 23.4 Å². The van der Waals surface area contributed by atoms with Gasteiger partial charge in [0.2, 0.25) is 0 Å². The van der Waals surface area contributed by atoms with Gasteiger partial charge in [0.1, 0.15) is 0 Å². The summed E-state index contributed by atoms with van der Waals surface area (Å²) in [6.07, 6.45) is 0. The molecule has 6 heteroatoms. The van der Waals surface area contributed by atoms with Crippen LogP contribution >= 0.6 is 0 Å². The van der Waals surface area contributed by atoms with Crippen molar-refractivity contribution in [3.63, 3.8) is 0 Å². The third-order valence-corrected chi connectivity index (χ3v) is 2.90. The fraction of sp³-hybridized carbons (Fsp3) is 0.143. The van der Waals surface area contributed by atoms with Gasteiger partial charge in [0, 0.05) is 23.9 Å². The zero-order chi connectivity index (χ0) is 14.7. The van der Waals surface area contributed by atoms with Crippen molar-refractivity contribution in [3.8, 4) is 5.75 Å². The highest BCUT2D eigenvalue weighted by molar-refractivity contribution is 5.53. The highest BCUT2D eigenvalue weighted by Gasteiger charge is 2.10. The minimum atomic E-state index is -0.677. The van der Waals surface area contributed by atoms with Gasteiger partial charge in [0.05, 0.1) is 4.92 Å². The summed E-state index contributed by atoms with van der Waals surface area (Å²) < 4.78 is 13.2. The van der Waals surface area contributed by atoms with Crippen LogP contribution in [-0.4, -0.2) is 10.0 Å². The molecule has 2 aromatic carbocycles. The van der Waals surface area contributed by atoms with Gasteiger partial charge < -0.3 is 10.4 Å². The molecule has 0 aliphatic heterocycles. The second-order valence-corrected chi connectivity index (χ2v) is 4.40. The summed E-state index contributed by atoms with van der Waals surface area (Å²) in [6, 6.07) is 8.81. The lowest BCUT2D eigenvalue weighted by Crippen LogP contribution is -2.01. The summed E-state index contributed by atoms with van der Waals surface area (Å²) in [6.45, 7) is 2.01. The van der Waals surface area contributed by atoms with Crippen LogP contribution in [0.15, 0.2) is 36.4 Å². The fourth-order valence-electron chi connectivity index (χ4n) is 1.83. The van der Waals surface area contributed by atoms with E-state index in [1.54, 1.807) is 25.1 Å². The lowest BCUT2D eigenvalue weighted by atomic mass is 10.1. The van der Waals surface area contributed by atoms with Crippen LogP contribution in [0.25, 0.3) is 0 Å². The van der Waals surface area contributed by atoms with Crippen molar-refractivity contribution in [1.29, 1.82) is 0 Å². The number of phenols is 1. The molecule has 0 radical (unpaired) electrons. The largest absolute Gasteiger partial charge is 0.505 e. The minimum Gasteiger partial charge on any atom is -0.505 e. The van der Waals surface area contributed by atoms with Crippen LogP contribution in [0.1, 0.15) is 11.1 Å². The lowest BCUT2D eigenvalue weighted by molar-refractivity contribution is -0.385. The molecule has 0 bridgehead atoms. The maximum atomic E-state index is 13.2. The number of nitro benzene ring substituents is 1. The van der Waals surface area contributed by atoms with E-state index >= 15 is 0 Å².